The first kappa shape index (κ1) is 42.6. The van der Waals surface area contributed by atoms with Crippen molar-refractivity contribution in [2.24, 2.45) is 22.7 Å². The van der Waals surface area contributed by atoms with Crippen molar-refractivity contribution in [1.82, 2.24) is 30.4 Å². The SMILES string of the molecule is COC[C@H]1C[C@@H](c2ncc(-c3ccc(-c4ccc(C5=CN=C([C@@H]6CC[C@H](C)N6C(=O)[C@@H](NC(=O)OC)C(C)C)C5)cc4)cc3)[nH]2)N(C(=O)[C@H](NC(=O)C2CC2)c2ccccc2)C1. The van der Waals surface area contributed by atoms with Crippen LogP contribution in [0.25, 0.3) is 28.0 Å². The van der Waals surface area contributed by atoms with Crippen LogP contribution >= 0.6 is 0 Å². The van der Waals surface area contributed by atoms with Crippen molar-refractivity contribution in [1.29, 1.82) is 0 Å². The van der Waals surface area contributed by atoms with Crippen LogP contribution in [0.3, 0.4) is 0 Å². The molecular formula is C49H57N7O6. The molecule has 1 aromatic heterocycles. The minimum Gasteiger partial charge on any atom is -0.453 e. The van der Waals surface area contributed by atoms with E-state index >= 15 is 0 Å². The van der Waals surface area contributed by atoms with Gasteiger partial charge in [-0.05, 0) is 78.3 Å². The predicted octanol–water partition coefficient (Wildman–Crippen LogP) is 7.49. The van der Waals surface area contributed by atoms with Gasteiger partial charge >= 0.3 is 6.09 Å². The molecule has 3 fully saturated rings. The molecule has 324 valence electrons. The number of amides is 4. The summed E-state index contributed by atoms with van der Waals surface area (Å²) in [5.41, 5.74) is 7.89. The lowest BCUT2D eigenvalue weighted by Gasteiger charge is -2.33. The van der Waals surface area contributed by atoms with Crippen LogP contribution in [0.4, 0.5) is 4.79 Å². The number of nitrogens with zero attached hydrogens (tertiary/aromatic N) is 4. The van der Waals surface area contributed by atoms with Crippen molar-refractivity contribution in [2.45, 2.75) is 89.5 Å². The molecule has 0 bridgehead atoms. The largest absolute Gasteiger partial charge is 0.453 e. The maximum absolute atomic E-state index is 14.4. The zero-order chi connectivity index (χ0) is 43.5. The molecule has 3 N–H and O–H groups in total. The van der Waals surface area contributed by atoms with Crippen LogP contribution in [0, 0.1) is 17.8 Å². The van der Waals surface area contributed by atoms with Crippen LogP contribution in [-0.4, -0.2) is 94.8 Å². The van der Waals surface area contributed by atoms with E-state index in [0.29, 0.717) is 31.8 Å². The Hall–Kier alpha value is -6.08. The highest BCUT2D eigenvalue weighted by molar-refractivity contribution is 6.04. The number of aliphatic imine (C=N–C) groups is 1. The standard InChI is InChI=1S/C49H57N7O6/c1-29(2)43(54-49(60)62-5)48(59)56-30(3)11-22-41(56)39-24-38(25-50-39)34-14-12-32(13-15-34)33-16-18-35(19-17-33)40-26-51-45(52-40)42-23-31(28-61-4)27-55(42)47(58)44(36-9-7-6-8-10-36)53-46(57)37-20-21-37/h6-10,12-19,25-26,29-31,37,41-44H,11,20-24,27-28H2,1-5H3,(H,51,52)(H,53,57)(H,54,60)/t30-,31-,41-,42-,43-,44+/m0/s1. The number of hydrogen-bond acceptors (Lipinski definition) is 8. The van der Waals surface area contributed by atoms with Crippen LogP contribution < -0.4 is 10.6 Å². The molecule has 13 heteroatoms. The van der Waals surface area contributed by atoms with Gasteiger partial charge in [0, 0.05) is 49.9 Å². The molecule has 3 aromatic carbocycles. The van der Waals surface area contributed by atoms with Gasteiger partial charge in [-0.1, -0.05) is 92.7 Å². The van der Waals surface area contributed by atoms with E-state index in [4.69, 9.17) is 19.5 Å². The van der Waals surface area contributed by atoms with Crippen molar-refractivity contribution in [3.63, 3.8) is 0 Å². The number of hydrogen-bond donors (Lipinski definition) is 3. The Morgan fingerprint density at radius 3 is 2.15 bits per heavy atom. The fraction of sp³-hybridized carbons (Fsp3) is 0.429. The van der Waals surface area contributed by atoms with Crippen LogP contribution in [0.15, 0.2) is 96.3 Å². The van der Waals surface area contributed by atoms with Crippen molar-refractivity contribution < 1.29 is 28.7 Å². The molecule has 0 unspecified atom stereocenters. The number of carbonyl (C=O) groups excluding carboxylic acids is 4. The molecule has 62 heavy (non-hydrogen) atoms. The molecule has 2 saturated heterocycles. The molecule has 3 aliphatic heterocycles. The van der Waals surface area contributed by atoms with Crippen LogP contribution in [-0.2, 0) is 23.9 Å². The van der Waals surface area contributed by atoms with E-state index in [1.807, 2.05) is 66.4 Å². The van der Waals surface area contributed by atoms with Gasteiger partial charge in [0.25, 0.3) is 0 Å². The lowest BCUT2D eigenvalue weighted by Crippen LogP contribution is -2.55. The van der Waals surface area contributed by atoms with E-state index < -0.39 is 18.2 Å². The number of nitrogens with one attached hydrogen (secondary N) is 3. The number of rotatable bonds is 14. The van der Waals surface area contributed by atoms with E-state index in [1.165, 1.54) is 7.11 Å². The fourth-order valence-electron chi connectivity index (χ4n) is 9.23. The average Bonchev–Trinajstić information content (AvgIpc) is 3.60. The molecule has 4 amide bonds. The first-order valence-corrected chi connectivity index (χ1v) is 21.9. The second kappa shape index (κ2) is 18.5. The Morgan fingerprint density at radius 1 is 0.823 bits per heavy atom. The number of ether oxygens (including phenoxy) is 2. The molecule has 4 aliphatic rings. The fourth-order valence-corrected chi connectivity index (χ4v) is 9.23. The highest BCUT2D eigenvalue weighted by Crippen LogP contribution is 2.39. The number of alkyl carbamates (subject to hydrolysis) is 1. The van der Waals surface area contributed by atoms with Crippen molar-refractivity contribution >= 4 is 35.1 Å². The van der Waals surface area contributed by atoms with Gasteiger partial charge in [-0.25, -0.2) is 9.78 Å². The quantitative estimate of drug-likeness (QED) is 0.119. The second-order valence-electron chi connectivity index (χ2n) is 17.5. The third-order valence-corrected chi connectivity index (χ3v) is 12.8. The van der Waals surface area contributed by atoms with E-state index in [-0.39, 0.29) is 53.6 Å². The minimum absolute atomic E-state index is 0.0241. The Kier molecular flexibility index (Phi) is 12.7. The van der Waals surface area contributed by atoms with E-state index in [0.717, 1.165) is 70.5 Å². The molecule has 1 saturated carbocycles. The summed E-state index contributed by atoms with van der Waals surface area (Å²) in [6, 6.07) is 24.4. The highest BCUT2D eigenvalue weighted by Gasteiger charge is 2.43. The zero-order valence-electron chi connectivity index (χ0n) is 36.2. The monoisotopic (exact) mass is 839 g/mol. The van der Waals surface area contributed by atoms with Crippen LogP contribution in [0.1, 0.15) is 88.3 Å². The molecule has 8 rings (SSSR count). The summed E-state index contributed by atoms with van der Waals surface area (Å²) in [7, 11) is 2.98. The maximum atomic E-state index is 14.4. The van der Waals surface area contributed by atoms with Crippen molar-refractivity contribution in [2.75, 3.05) is 27.4 Å². The van der Waals surface area contributed by atoms with Gasteiger partial charge < -0.3 is 34.9 Å². The van der Waals surface area contributed by atoms with E-state index in [2.05, 4.69) is 71.1 Å². The normalized spacial score (nSPS) is 22.0. The summed E-state index contributed by atoms with van der Waals surface area (Å²) < 4.78 is 10.3. The third-order valence-electron chi connectivity index (χ3n) is 12.8. The predicted molar refractivity (Wildman–Crippen MR) is 237 cm³/mol. The number of benzene rings is 3. The lowest BCUT2D eigenvalue weighted by molar-refractivity contribution is -0.138. The maximum Gasteiger partial charge on any atom is 0.407 e. The Morgan fingerprint density at radius 2 is 1.50 bits per heavy atom. The molecule has 4 aromatic rings. The number of allylic oxidation sites excluding steroid dienone is 1. The van der Waals surface area contributed by atoms with Crippen LogP contribution in [0.5, 0.6) is 0 Å². The first-order chi connectivity index (χ1) is 30.0. The Labute approximate surface area is 363 Å². The molecule has 0 spiro atoms. The minimum atomic E-state index is -0.782. The van der Waals surface area contributed by atoms with Crippen molar-refractivity contribution in [3.8, 4) is 22.4 Å². The van der Waals surface area contributed by atoms with Gasteiger partial charge in [-0.2, -0.15) is 0 Å². The van der Waals surface area contributed by atoms with Gasteiger partial charge in [0.15, 0.2) is 0 Å². The van der Waals surface area contributed by atoms with E-state index in [9.17, 15) is 19.2 Å². The molecule has 6 atom stereocenters. The molecule has 4 heterocycles. The van der Waals surface area contributed by atoms with Crippen LogP contribution in [0.2, 0.25) is 0 Å². The number of likely N-dealkylation sites (tertiary alicyclic amines) is 2. The Bertz CT molecular complexity index is 2320. The zero-order valence-corrected chi connectivity index (χ0v) is 36.2. The molecule has 13 nitrogen and oxygen atoms in total. The highest BCUT2D eigenvalue weighted by atomic mass is 16.5. The Balaban J connectivity index is 0.924. The smallest absolute Gasteiger partial charge is 0.407 e. The number of aromatic amines is 1. The van der Waals surface area contributed by atoms with Gasteiger partial charge in [0.1, 0.15) is 17.9 Å². The van der Waals surface area contributed by atoms with Gasteiger partial charge in [0.05, 0.1) is 37.7 Å². The number of carbonyl (C=O) groups is 4. The molecular weight excluding hydrogens is 783 g/mol. The average molecular weight is 840 g/mol. The molecule has 0 radical (unpaired) electrons. The second-order valence-corrected chi connectivity index (χ2v) is 17.5. The lowest BCUT2D eigenvalue weighted by atomic mass is 9.95. The summed E-state index contributed by atoms with van der Waals surface area (Å²) in [6.45, 7) is 6.93. The number of aromatic nitrogens is 2. The summed E-state index contributed by atoms with van der Waals surface area (Å²) in [4.78, 5) is 70.2. The summed E-state index contributed by atoms with van der Waals surface area (Å²) in [5, 5.41) is 5.80. The number of H-pyrrole nitrogens is 1. The summed E-state index contributed by atoms with van der Waals surface area (Å²) >= 11 is 0. The number of imidazole rings is 1. The first-order valence-electron chi connectivity index (χ1n) is 21.9. The summed E-state index contributed by atoms with van der Waals surface area (Å²) in [5.74, 6) is 0.385. The molecule has 1 aliphatic carbocycles. The van der Waals surface area contributed by atoms with Gasteiger partial charge in [0.2, 0.25) is 17.7 Å². The summed E-state index contributed by atoms with van der Waals surface area (Å²) in [6.07, 6.45) is 7.89. The number of methoxy groups -OCH3 is 2. The topological polar surface area (TPSA) is 158 Å². The van der Waals surface area contributed by atoms with Crippen molar-refractivity contribution in [3.05, 3.63) is 108 Å². The van der Waals surface area contributed by atoms with Gasteiger partial charge in [-0.15, -0.1) is 0 Å². The van der Waals surface area contributed by atoms with E-state index in [1.54, 1.807) is 7.11 Å². The van der Waals surface area contributed by atoms with Gasteiger partial charge in [-0.3, -0.25) is 19.4 Å². The third kappa shape index (κ3) is 9.09.